The average molecular weight is 316 g/mol. The third-order valence-electron chi connectivity index (χ3n) is 3.30. The highest BCUT2D eigenvalue weighted by atomic mass is 32.2. The molecule has 6 nitrogen and oxygen atoms in total. The minimum atomic E-state index is -3.68. The molecule has 0 saturated carbocycles. The summed E-state index contributed by atoms with van der Waals surface area (Å²) in [5, 5.41) is 4.23. The van der Waals surface area contributed by atoms with E-state index >= 15 is 0 Å². The first-order valence-electron chi connectivity index (χ1n) is 6.54. The van der Waals surface area contributed by atoms with Crippen LogP contribution < -0.4 is 9.88 Å². The van der Waals surface area contributed by atoms with E-state index in [0.29, 0.717) is 25.3 Å². The van der Waals surface area contributed by atoms with Crippen molar-refractivity contribution in [3.05, 3.63) is 30.1 Å². The van der Waals surface area contributed by atoms with Crippen LogP contribution in [0.1, 0.15) is 12.8 Å². The number of likely N-dealkylation sites (tertiary alicyclic amines) is 1. The van der Waals surface area contributed by atoms with Crippen LogP contribution in [-0.2, 0) is 14.8 Å². The van der Waals surface area contributed by atoms with E-state index in [9.17, 15) is 17.6 Å². The highest BCUT2D eigenvalue weighted by Gasteiger charge is 2.35. The topological polar surface area (TPSA) is 89.7 Å². The van der Waals surface area contributed by atoms with Crippen LogP contribution in [0.4, 0.5) is 4.39 Å². The van der Waals surface area contributed by atoms with Crippen molar-refractivity contribution >= 4 is 15.9 Å². The van der Waals surface area contributed by atoms with Gasteiger partial charge in [-0.1, -0.05) is 0 Å². The van der Waals surface area contributed by atoms with E-state index in [-0.39, 0.29) is 24.7 Å². The number of carbonyl (C=O) groups excluding carboxylic acids is 1. The number of halogens is 1. The lowest BCUT2D eigenvalue weighted by molar-refractivity contribution is -0.127. The van der Waals surface area contributed by atoms with Gasteiger partial charge in [-0.05, 0) is 30.7 Å². The molecule has 1 fully saturated rings. The first-order chi connectivity index (χ1) is 9.86. The smallest absolute Gasteiger partial charge is 0.224 e. The maximum absolute atomic E-state index is 12.7. The molecule has 2 rings (SSSR count). The van der Waals surface area contributed by atoms with Crippen LogP contribution in [0, 0.1) is 5.82 Å². The van der Waals surface area contributed by atoms with Gasteiger partial charge in [-0.25, -0.2) is 17.9 Å². The zero-order chi connectivity index (χ0) is 15.5. The van der Waals surface area contributed by atoms with E-state index in [1.807, 2.05) is 0 Å². The zero-order valence-corrected chi connectivity index (χ0v) is 12.2. The van der Waals surface area contributed by atoms with Crippen LogP contribution in [0.3, 0.4) is 0 Å². The van der Waals surface area contributed by atoms with Crippen LogP contribution in [0.25, 0.3) is 0 Å². The molecular formula is C13H17FN2O4S. The summed E-state index contributed by atoms with van der Waals surface area (Å²) < 4.78 is 40.5. The first-order valence-corrected chi connectivity index (χ1v) is 8.15. The van der Waals surface area contributed by atoms with E-state index in [4.69, 9.17) is 9.88 Å². The molecular weight excluding hydrogens is 299 g/mol. The van der Waals surface area contributed by atoms with Gasteiger partial charge in [0.15, 0.2) is 0 Å². The van der Waals surface area contributed by atoms with Gasteiger partial charge in [-0.3, -0.25) is 4.79 Å². The molecule has 1 amide bonds. The number of carbonyl (C=O) groups is 1. The third kappa shape index (κ3) is 4.40. The Morgan fingerprint density at radius 3 is 2.57 bits per heavy atom. The van der Waals surface area contributed by atoms with Crippen molar-refractivity contribution in [2.75, 3.05) is 19.7 Å². The third-order valence-corrected chi connectivity index (χ3v) is 4.54. The number of rotatable bonds is 6. The predicted molar refractivity (Wildman–Crippen MR) is 74.6 cm³/mol. The van der Waals surface area contributed by atoms with Crippen molar-refractivity contribution in [1.29, 1.82) is 0 Å². The molecule has 1 aromatic carbocycles. The molecule has 1 aliphatic rings. The SMILES string of the molecule is NS(=O)(=O)C1CC(=O)N(CCCOc2ccc(F)cc2)C1. The Morgan fingerprint density at radius 1 is 1.33 bits per heavy atom. The van der Waals surface area contributed by atoms with Gasteiger partial charge in [0.2, 0.25) is 15.9 Å². The minimum Gasteiger partial charge on any atom is -0.494 e. The average Bonchev–Trinajstić information content (AvgIpc) is 2.78. The molecule has 0 aliphatic carbocycles. The fraction of sp³-hybridized carbons (Fsp3) is 0.462. The van der Waals surface area contributed by atoms with E-state index in [1.54, 1.807) is 0 Å². The van der Waals surface area contributed by atoms with Gasteiger partial charge in [0.1, 0.15) is 16.8 Å². The number of ether oxygens (including phenoxy) is 1. The minimum absolute atomic E-state index is 0.0579. The molecule has 116 valence electrons. The van der Waals surface area contributed by atoms with E-state index < -0.39 is 15.3 Å². The molecule has 1 heterocycles. The van der Waals surface area contributed by atoms with Crippen molar-refractivity contribution in [3.8, 4) is 5.75 Å². The Bertz CT molecular complexity index is 603. The monoisotopic (exact) mass is 316 g/mol. The van der Waals surface area contributed by atoms with Crippen molar-refractivity contribution in [3.63, 3.8) is 0 Å². The number of sulfonamides is 1. The second-order valence-electron chi connectivity index (χ2n) is 4.91. The van der Waals surface area contributed by atoms with Crippen LogP contribution in [0.15, 0.2) is 24.3 Å². The molecule has 0 aromatic heterocycles. The van der Waals surface area contributed by atoms with Gasteiger partial charge in [0.05, 0.1) is 6.61 Å². The largest absolute Gasteiger partial charge is 0.494 e. The molecule has 1 atom stereocenters. The number of amides is 1. The quantitative estimate of drug-likeness (QED) is 0.773. The highest BCUT2D eigenvalue weighted by molar-refractivity contribution is 7.89. The molecule has 2 N–H and O–H groups in total. The summed E-state index contributed by atoms with van der Waals surface area (Å²) in [7, 11) is -3.68. The Morgan fingerprint density at radius 2 is 2.00 bits per heavy atom. The fourth-order valence-electron chi connectivity index (χ4n) is 2.15. The number of benzene rings is 1. The van der Waals surface area contributed by atoms with Crippen molar-refractivity contribution in [2.45, 2.75) is 18.1 Å². The molecule has 1 unspecified atom stereocenters. The fourth-order valence-corrected chi connectivity index (χ4v) is 2.91. The second kappa shape index (κ2) is 6.40. The zero-order valence-electron chi connectivity index (χ0n) is 11.4. The first kappa shape index (κ1) is 15.7. The van der Waals surface area contributed by atoms with Crippen LogP contribution >= 0.6 is 0 Å². The number of hydrogen-bond donors (Lipinski definition) is 1. The molecule has 0 radical (unpaired) electrons. The number of nitrogens with zero attached hydrogens (tertiary/aromatic N) is 1. The molecule has 0 bridgehead atoms. The van der Waals surface area contributed by atoms with Crippen LogP contribution in [0.5, 0.6) is 5.75 Å². The van der Waals surface area contributed by atoms with Gasteiger partial charge < -0.3 is 9.64 Å². The Labute approximate surface area is 122 Å². The lowest BCUT2D eigenvalue weighted by Gasteiger charge is -2.16. The number of nitrogens with two attached hydrogens (primary N) is 1. The summed E-state index contributed by atoms with van der Waals surface area (Å²) in [4.78, 5) is 13.1. The second-order valence-corrected chi connectivity index (χ2v) is 6.76. The summed E-state index contributed by atoms with van der Waals surface area (Å²) in [5.74, 6) is 0.00131. The summed E-state index contributed by atoms with van der Waals surface area (Å²) in [6, 6.07) is 5.65. The molecule has 21 heavy (non-hydrogen) atoms. The predicted octanol–water partition coefficient (Wildman–Crippen LogP) is 0.484. The Balaban J connectivity index is 1.74. The normalized spacial score (nSPS) is 19.0. The maximum Gasteiger partial charge on any atom is 0.224 e. The Kier molecular flexibility index (Phi) is 4.79. The summed E-state index contributed by atoms with van der Waals surface area (Å²) in [6.45, 7) is 0.899. The highest BCUT2D eigenvalue weighted by Crippen LogP contribution is 2.17. The standard InChI is InChI=1S/C13H17FN2O4S/c14-10-2-4-11(5-3-10)20-7-1-6-16-9-12(8-13(16)17)21(15,18)19/h2-5,12H,1,6-9H2,(H2,15,18,19). The van der Waals surface area contributed by atoms with Gasteiger partial charge in [-0.15, -0.1) is 0 Å². The lowest BCUT2D eigenvalue weighted by Crippen LogP contribution is -2.32. The van der Waals surface area contributed by atoms with Gasteiger partial charge in [0, 0.05) is 19.5 Å². The molecule has 1 aromatic rings. The van der Waals surface area contributed by atoms with E-state index in [2.05, 4.69) is 0 Å². The van der Waals surface area contributed by atoms with E-state index in [0.717, 1.165) is 0 Å². The van der Waals surface area contributed by atoms with Gasteiger partial charge in [0.25, 0.3) is 0 Å². The summed E-state index contributed by atoms with van der Waals surface area (Å²) in [6.07, 6.45) is 0.498. The molecule has 8 heteroatoms. The summed E-state index contributed by atoms with van der Waals surface area (Å²) >= 11 is 0. The maximum atomic E-state index is 12.7. The van der Waals surface area contributed by atoms with Crippen LogP contribution in [-0.4, -0.2) is 44.2 Å². The van der Waals surface area contributed by atoms with Gasteiger partial charge in [-0.2, -0.15) is 0 Å². The number of hydrogen-bond acceptors (Lipinski definition) is 4. The van der Waals surface area contributed by atoms with E-state index in [1.165, 1.54) is 29.2 Å². The molecule has 0 spiro atoms. The summed E-state index contributed by atoms with van der Waals surface area (Å²) in [5.41, 5.74) is 0. The Hall–Kier alpha value is -1.67. The van der Waals surface area contributed by atoms with Crippen molar-refractivity contribution < 1.29 is 22.3 Å². The number of primary sulfonamides is 1. The molecule has 1 saturated heterocycles. The lowest BCUT2D eigenvalue weighted by atomic mass is 10.3. The van der Waals surface area contributed by atoms with Crippen molar-refractivity contribution in [1.82, 2.24) is 4.90 Å². The van der Waals surface area contributed by atoms with Crippen LogP contribution in [0.2, 0.25) is 0 Å². The van der Waals surface area contributed by atoms with Crippen molar-refractivity contribution in [2.24, 2.45) is 5.14 Å². The van der Waals surface area contributed by atoms with Gasteiger partial charge >= 0.3 is 0 Å². The molecule has 1 aliphatic heterocycles.